The predicted molar refractivity (Wildman–Crippen MR) is 85.4 cm³/mol. The number of nitrogens with zero attached hydrogens (tertiary/aromatic N) is 1. The van der Waals surface area contributed by atoms with Crippen molar-refractivity contribution in [2.45, 2.75) is 19.5 Å². The molecule has 1 unspecified atom stereocenters. The zero-order chi connectivity index (χ0) is 14.8. The first-order valence-electron chi connectivity index (χ1n) is 6.75. The van der Waals surface area contributed by atoms with Gasteiger partial charge in [-0.25, -0.2) is 9.37 Å². The fourth-order valence-electron chi connectivity index (χ4n) is 2.30. The van der Waals surface area contributed by atoms with Gasteiger partial charge in [0.15, 0.2) is 0 Å². The molecule has 1 atom stereocenters. The molecule has 0 aliphatic heterocycles. The molecule has 3 nitrogen and oxygen atoms in total. The van der Waals surface area contributed by atoms with Gasteiger partial charge in [-0.05, 0) is 31.2 Å². The normalized spacial score (nSPS) is 12.7. The Morgan fingerprint density at radius 2 is 2.10 bits per heavy atom. The van der Waals surface area contributed by atoms with Crippen molar-refractivity contribution in [1.82, 2.24) is 15.3 Å². The van der Waals surface area contributed by atoms with E-state index in [0.29, 0.717) is 12.1 Å². The topological polar surface area (TPSA) is 40.7 Å². The van der Waals surface area contributed by atoms with E-state index in [1.807, 2.05) is 37.3 Å². The van der Waals surface area contributed by atoms with Gasteiger partial charge in [0.1, 0.15) is 11.6 Å². The van der Waals surface area contributed by atoms with Crippen molar-refractivity contribution < 1.29 is 4.39 Å². The number of hydrogen-bond acceptors (Lipinski definition) is 2. The Hall–Kier alpha value is -1.72. The lowest BCUT2D eigenvalue weighted by molar-refractivity contribution is 0.521. The molecule has 0 radical (unpaired) electrons. The van der Waals surface area contributed by atoms with Crippen LogP contribution in [0.5, 0.6) is 0 Å². The minimum absolute atomic E-state index is 0.0914. The number of halogens is 2. The van der Waals surface area contributed by atoms with Crippen LogP contribution in [0.25, 0.3) is 11.0 Å². The molecule has 0 aliphatic carbocycles. The molecule has 108 valence electrons. The van der Waals surface area contributed by atoms with Crippen LogP contribution in [0.3, 0.4) is 0 Å². The summed E-state index contributed by atoms with van der Waals surface area (Å²) in [5, 5.41) is 3.29. The van der Waals surface area contributed by atoms with Crippen molar-refractivity contribution in [3.63, 3.8) is 0 Å². The van der Waals surface area contributed by atoms with E-state index in [9.17, 15) is 4.39 Å². The summed E-state index contributed by atoms with van der Waals surface area (Å²) < 4.78 is 14.6. The van der Waals surface area contributed by atoms with Gasteiger partial charge in [-0.15, -0.1) is 0 Å². The van der Waals surface area contributed by atoms with Crippen molar-refractivity contribution in [2.24, 2.45) is 0 Å². The molecule has 1 aromatic heterocycles. The number of imidazole rings is 1. The number of H-pyrrole nitrogens is 1. The Balaban J connectivity index is 1.71. The molecular formula is C16H15BrFN3. The highest BCUT2D eigenvalue weighted by atomic mass is 79.9. The van der Waals surface area contributed by atoms with Gasteiger partial charge in [-0.1, -0.05) is 34.1 Å². The maximum absolute atomic E-state index is 13.9. The molecule has 5 heteroatoms. The monoisotopic (exact) mass is 347 g/mol. The van der Waals surface area contributed by atoms with Crippen molar-refractivity contribution in [3.05, 3.63) is 64.1 Å². The average Bonchev–Trinajstić information content (AvgIpc) is 2.87. The molecule has 3 aromatic rings. The Morgan fingerprint density at radius 1 is 1.29 bits per heavy atom. The zero-order valence-corrected chi connectivity index (χ0v) is 13.1. The molecule has 0 spiro atoms. The molecule has 0 aliphatic rings. The highest BCUT2D eigenvalue weighted by Crippen LogP contribution is 2.21. The highest BCUT2D eigenvalue weighted by molar-refractivity contribution is 9.10. The van der Waals surface area contributed by atoms with Gasteiger partial charge in [0.25, 0.3) is 0 Å². The molecule has 2 N–H and O–H groups in total. The third-order valence-electron chi connectivity index (χ3n) is 3.44. The minimum atomic E-state index is -0.214. The number of nitrogens with one attached hydrogen (secondary N) is 2. The van der Waals surface area contributed by atoms with E-state index in [-0.39, 0.29) is 11.9 Å². The van der Waals surface area contributed by atoms with E-state index in [4.69, 9.17) is 0 Å². The van der Waals surface area contributed by atoms with Crippen molar-refractivity contribution in [3.8, 4) is 0 Å². The Morgan fingerprint density at radius 3 is 2.86 bits per heavy atom. The summed E-state index contributed by atoms with van der Waals surface area (Å²) in [5.74, 6) is 0.634. The molecule has 2 aromatic carbocycles. The highest BCUT2D eigenvalue weighted by Gasteiger charge is 2.11. The minimum Gasteiger partial charge on any atom is -0.341 e. The van der Waals surface area contributed by atoms with Crippen LogP contribution in [0.4, 0.5) is 4.39 Å². The van der Waals surface area contributed by atoms with E-state index in [1.165, 1.54) is 6.07 Å². The zero-order valence-electron chi connectivity index (χ0n) is 11.5. The number of benzene rings is 2. The van der Waals surface area contributed by atoms with Crippen molar-refractivity contribution >= 4 is 27.0 Å². The summed E-state index contributed by atoms with van der Waals surface area (Å²) in [6, 6.07) is 12.9. The van der Waals surface area contributed by atoms with Crippen LogP contribution in [-0.2, 0) is 6.54 Å². The molecule has 0 fully saturated rings. The van der Waals surface area contributed by atoms with E-state index in [1.54, 1.807) is 6.07 Å². The quantitative estimate of drug-likeness (QED) is 0.737. The maximum atomic E-state index is 13.9. The van der Waals surface area contributed by atoms with Crippen LogP contribution >= 0.6 is 15.9 Å². The summed E-state index contributed by atoms with van der Waals surface area (Å²) >= 11 is 3.27. The van der Waals surface area contributed by atoms with Gasteiger partial charge in [0.2, 0.25) is 0 Å². The van der Waals surface area contributed by atoms with Gasteiger partial charge >= 0.3 is 0 Å². The number of para-hydroxylation sites is 2. The van der Waals surface area contributed by atoms with Gasteiger partial charge in [0.05, 0.1) is 17.6 Å². The summed E-state index contributed by atoms with van der Waals surface area (Å²) in [4.78, 5) is 7.75. The second-order valence-corrected chi connectivity index (χ2v) is 5.88. The van der Waals surface area contributed by atoms with E-state index in [0.717, 1.165) is 21.3 Å². The van der Waals surface area contributed by atoms with Gasteiger partial charge in [0, 0.05) is 16.1 Å². The third-order valence-corrected chi connectivity index (χ3v) is 3.94. The summed E-state index contributed by atoms with van der Waals surface area (Å²) in [7, 11) is 0. The second kappa shape index (κ2) is 5.95. The smallest absolute Gasteiger partial charge is 0.129 e. The first kappa shape index (κ1) is 14.2. The summed E-state index contributed by atoms with van der Waals surface area (Å²) in [5.41, 5.74) is 2.60. The second-order valence-electron chi connectivity index (χ2n) is 4.97. The lowest BCUT2D eigenvalue weighted by Gasteiger charge is -2.14. The van der Waals surface area contributed by atoms with Crippen LogP contribution in [0.1, 0.15) is 24.4 Å². The SMILES string of the molecule is CC(NCc1nc2ccccc2[nH]1)c1ccc(Br)cc1F. The third kappa shape index (κ3) is 3.14. The Labute approximate surface area is 130 Å². The Kier molecular flexibility index (Phi) is 4.03. The number of aromatic nitrogens is 2. The van der Waals surface area contributed by atoms with Crippen LogP contribution in [0, 0.1) is 5.82 Å². The molecule has 3 rings (SSSR count). The number of rotatable bonds is 4. The van der Waals surface area contributed by atoms with E-state index >= 15 is 0 Å². The standard InChI is InChI=1S/C16H15BrFN3/c1-10(12-7-6-11(17)8-13(12)18)19-9-16-20-14-4-2-3-5-15(14)21-16/h2-8,10,19H,9H2,1H3,(H,20,21). The fraction of sp³-hybridized carbons (Fsp3) is 0.188. The molecular weight excluding hydrogens is 333 g/mol. The predicted octanol–water partition coefficient (Wildman–Crippen LogP) is 4.32. The largest absolute Gasteiger partial charge is 0.341 e. The summed E-state index contributed by atoms with van der Waals surface area (Å²) in [6.45, 7) is 2.50. The van der Waals surface area contributed by atoms with Crippen LogP contribution < -0.4 is 5.32 Å². The molecule has 1 heterocycles. The number of hydrogen-bond donors (Lipinski definition) is 2. The lowest BCUT2D eigenvalue weighted by Crippen LogP contribution is -2.19. The number of aromatic amines is 1. The van der Waals surface area contributed by atoms with Gasteiger partial charge in [-0.2, -0.15) is 0 Å². The van der Waals surface area contributed by atoms with Crippen molar-refractivity contribution in [1.29, 1.82) is 0 Å². The maximum Gasteiger partial charge on any atom is 0.129 e. The van der Waals surface area contributed by atoms with Crippen LogP contribution in [-0.4, -0.2) is 9.97 Å². The van der Waals surface area contributed by atoms with Crippen LogP contribution in [0.15, 0.2) is 46.9 Å². The van der Waals surface area contributed by atoms with Crippen LogP contribution in [0.2, 0.25) is 0 Å². The first-order chi connectivity index (χ1) is 10.1. The molecule has 0 saturated heterocycles. The molecule has 0 amide bonds. The van der Waals surface area contributed by atoms with E-state index in [2.05, 4.69) is 31.2 Å². The lowest BCUT2D eigenvalue weighted by atomic mass is 10.1. The van der Waals surface area contributed by atoms with Crippen molar-refractivity contribution in [2.75, 3.05) is 0 Å². The first-order valence-corrected chi connectivity index (χ1v) is 7.55. The molecule has 21 heavy (non-hydrogen) atoms. The Bertz CT molecular complexity index is 736. The van der Waals surface area contributed by atoms with Gasteiger partial charge < -0.3 is 10.3 Å². The molecule has 0 bridgehead atoms. The van der Waals surface area contributed by atoms with Gasteiger partial charge in [-0.3, -0.25) is 0 Å². The molecule has 0 saturated carbocycles. The summed E-state index contributed by atoms with van der Waals surface area (Å²) in [6.07, 6.45) is 0. The average molecular weight is 348 g/mol. The fourth-order valence-corrected chi connectivity index (χ4v) is 2.63. The van der Waals surface area contributed by atoms with E-state index < -0.39 is 0 Å². The number of fused-ring (bicyclic) bond motifs is 1.